The molecular formula is C25H33N5O4. The highest BCUT2D eigenvalue weighted by Crippen LogP contribution is 2.35. The molecule has 0 spiro atoms. The molecule has 2 fully saturated rings. The second-order valence-corrected chi connectivity index (χ2v) is 8.97. The van der Waals surface area contributed by atoms with Gasteiger partial charge in [0.25, 0.3) is 5.56 Å². The zero-order valence-corrected chi connectivity index (χ0v) is 20.0. The number of hydrogen-bond donors (Lipinski definition) is 1. The monoisotopic (exact) mass is 467 g/mol. The Hall–Kier alpha value is -2.91. The normalized spacial score (nSPS) is 17.5. The van der Waals surface area contributed by atoms with Gasteiger partial charge in [0.1, 0.15) is 12.2 Å². The molecule has 3 aliphatic heterocycles. The van der Waals surface area contributed by atoms with E-state index in [0.29, 0.717) is 41.4 Å². The standard InChI is InChI=1S/C25H33N5O4/c1-3-19-22-24(30(28-19)18-6-4-5-7-18)26-23(27-25(22)31)17-8-9-20(32-2)21(16-17)34-15-12-29-10-13-33-14-11-29/h8-9,16,18,28H,3-7,10-15H2,1-2H3. The Balaban J connectivity index is 1.45. The van der Waals surface area contributed by atoms with Crippen LogP contribution in [0, 0.1) is 0 Å². The van der Waals surface area contributed by atoms with Gasteiger partial charge >= 0.3 is 0 Å². The number of benzene rings is 1. The number of aromatic amines is 1. The second kappa shape index (κ2) is 10.1. The number of hydrogen-bond acceptors (Lipinski definition) is 7. The first-order chi connectivity index (χ1) is 16.7. The van der Waals surface area contributed by atoms with Crippen LogP contribution >= 0.6 is 0 Å². The van der Waals surface area contributed by atoms with Gasteiger partial charge in [-0.2, -0.15) is 4.98 Å². The van der Waals surface area contributed by atoms with Crippen LogP contribution < -0.4 is 15.0 Å². The molecule has 5 rings (SSSR count). The van der Waals surface area contributed by atoms with Crippen LogP contribution in [0.3, 0.4) is 0 Å². The number of morpholine rings is 1. The first-order valence-corrected chi connectivity index (χ1v) is 12.3. The van der Waals surface area contributed by atoms with Crippen LogP contribution in [0.2, 0.25) is 0 Å². The van der Waals surface area contributed by atoms with Crippen molar-refractivity contribution in [2.75, 3.05) is 46.6 Å². The van der Waals surface area contributed by atoms with Crippen molar-refractivity contribution in [3.8, 4) is 34.3 Å². The van der Waals surface area contributed by atoms with Gasteiger partial charge in [0.15, 0.2) is 23.1 Å². The predicted molar refractivity (Wildman–Crippen MR) is 129 cm³/mol. The molecule has 9 heteroatoms. The number of methoxy groups -OCH3 is 1. The minimum Gasteiger partial charge on any atom is -0.493 e. The number of aryl methyl sites for hydroxylation is 1. The van der Waals surface area contributed by atoms with Gasteiger partial charge in [0.2, 0.25) is 0 Å². The van der Waals surface area contributed by atoms with Crippen molar-refractivity contribution < 1.29 is 14.2 Å². The van der Waals surface area contributed by atoms with Crippen LogP contribution in [-0.2, 0) is 11.2 Å². The lowest BCUT2D eigenvalue weighted by Gasteiger charge is -2.26. The van der Waals surface area contributed by atoms with Crippen LogP contribution in [-0.4, -0.2) is 71.2 Å². The van der Waals surface area contributed by atoms with Gasteiger partial charge < -0.3 is 14.2 Å². The number of nitrogens with zero attached hydrogens (tertiary/aromatic N) is 4. The van der Waals surface area contributed by atoms with Crippen LogP contribution in [0.1, 0.15) is 44.3 Å². The first kappa shape index (κ1) is 22.9. The highest BCUT2D eigenvalue weighted by Gasteiger charge is 2.28. The molecule has 1 saturated heterocycles. The third-order valence-corrected chi connectivity index (χ3v) is 6.88. The molecule has 1 aliphatic carbocycles. The van der Waals surface area contributed by atoms with Gasteiger partial charge in [-0.3, -0.25) is 19.5 Å². The van der Waals surface area contributed by atoms with Crippen molar-refractivity contribution in [1.82, 2.24) is 24.6 Å². The van der Waals surface area contributed by atoms with E-state index in [2.05, 4.69) is 19.7 Å². The summed E-state index contributed by atoms with van der Waals surface area (Å²) in [5.74, 6) is 2.37. The molecule has 0 aromatic heterocycles. The highest BCUT2D eigenvalue weighted by atomic mass is 16.5. The maximum absolute atomic E-state index is 13.1. The molecule has 0 amide bonds. The van der Waals surface area contributed by atoms with Crippen molar-refractivity contribution in [3.63, 3.8) is 0 Å². The topological polar surface area (TPSA) is 94.5 Å². The third kappa shape index (κ3) is 4.54. The fourth-order valence-electron chi connectivity index (χ4n) is 4.97. The van der Waals surface area contributed by atoms with Gasteiger partial charge in [-0.1, -0.05) is 19.8 Å². The maximum atomic E-state index is 13.1. The lowest BCUT2D eigenvalue weighted by molar-refractivity contribution is 0.0321. The quantitative estimate of drug-likeness (QED) is 0.544. The van der Waals surface area contributed by atoms with Crippen LogP contribution in [0.25, 0.3) is 22.8 Å². The van der Waals surface area contributed by atoms with E-state index >= 15 is 0 Å². The highest BCUT2D eigenvalue weighted by molar-refractivity contribution is 5.66. The molecule has 34 heavy (non-hydrogen) atoms. The molecular weight excluding hydrogens is 434 g/mol. The number of ether oxygens (including phenoxy) is 3. The van der Waals surface area contributed by atoms with E-state index in [9.17, 15) is 4.79 Å². The summed E-state index contributed by atoms with van der Waals surface area (Å²) in [6.07, 6.45) is 5.33. The fraction of sp³-hybridized carbons (Fsp3) is 0.560. The largest absolute Gasteiger partial charge is 0.493 e. The Kier molecular flexibility index (Phi) is 6.82. The smallest absolute Gasteiger partial charge is 0.284 e. The number of fused-ring (bicyclic) bond motifs is 1. The summed E-state index contributed by atoms with van der Waals surface area (Å²) in [5.41, 5.74) is 2.00. The molecule has 0 radical (unpaired) electrons. The van der Waals surface area contributed by atoms with Crippen LogP contribution in [0.4, 0.5) is 0 Å². The summed E-state index contributed by atoms with van der Waals surface area (Å²) in [6, 6.07) is 5.94. The van der Waals surface area contributed by atoms with Crippen molar-refractivity contribution in [1.29, 1.82) is 0 Å². The average molecular weight is 468 g/mol. The fourth-order valence-corrected chi connectivity index (χ4v) is 4.97. The van der Waals surface area contributed by atoms with Crippen LogP contribution in [0.15, 0.2) is 23.0 Å². The summed E-state index contributed by atoms with van der Waals surface area (Å²) in [4.78, 5) is 24.6. The number of H-pyrrole nitrogens is 1. The minimum atomic E-state index is -0.240. The summed E-state index contributed by atoms with van der Waals surface area (Å²) in [5, 5.41) is 3.45. The molecule has 0 unspecified atom stereocenters. The first-order valence-electron chi connectivity index (χ1n) is 12.3. The Morgan fingerprint density at radius 3 is 2.68 bits per heavy atom. The van der Waals surface area contributed by atoms with E-state index in [-0.39, 0.29) is 5.56 Å². The third-order valence-electron chi connectivity index (χ3n) is 6.88. The lowest BCUT2D eigenvalue weighted by Crippen LogP contribution is -2.38. The predicted octanol–water partition coefficient (Wildman–Crippen LogP) is 3.14. The lowest BCUT2D eigenvalue weighted by atomic mass is 10.1. The molecule has 0 atom stereocenters. The molecule has 9 nitrogen and oxygen atoms in total. The molecule has 1 saturated carbocycles. The zero-order valence-electron chi connectivity index (χ0n) is 20.0. The Bertz CT molecular complexity index is 1140. The summed E-state index contributed by atoms with van der Waals surface area (Å²) in [6.45, 7) is 6.74. The van der Waals surface area contributed by atoms with E-state index in [0.717, 1.165) is 63.4 Å². The second-order valence-electron chi connectivity index (χ2n) is 8.97. The van der Waals surface area contributed by atoms with E-state index in [4.69, 9.17) is 19.2 Å². The van der Waals surface area contributed by atoms with E-state index in [1.54, 1.807) is 7.11 Å². The van der Waals surface area contributed by atoms with Gasteiger partial charge in [0, 0.05) is 30.9 Å². The van der Waals surface area contributed by atoms with E-state index in [1.807, 2.05) is 25.1 Å². The number of nitrogens with one attached hydrogen (secondary N) is 1. The van der Waals surface area contributed by atoms with Gasteiger partial charge in [-0.05, 0) is 37.5 Å². The summed E-state index contributed by atoms with van der Waals surface area (Å²) in [7, 11) is 1.62. The van der Waals surface area contributed by atoms with Gasteiger partial charge in [-0.25, -0.2) is 4.98 Å². The maximum Gasteiger partial charge on any atom is 0.284 e. The SMILES string of the molecule is CCc1[nH]n(C2CCCC2)c2nc(-c3ccc(OC)c(OCCN4CCOCC4)c3)nc(=O)c1-2. The summed E-state index contributed by atoms with van der Waals surface area (Å²) >= 11 is 0. The van der Waals surface area contributed by atoms with Crippen LogP contribution in [0.5, 0.6) is 11.5 Å². The molecule has 0 bridgehead atoms. The Labute approximate surface area is 199 Å². The molecule has 1 aromatic rings. The van der Waals surface area contributed by atoms with Crippen molar-refractivity contribution in [2.24, 2.45) is 0 Å². The Morgan fingerprint density at radius 2 is 1.94 bits per heavy atom. The Morgan fingerprint density at radius 1 is 1.15 bits per heavy atom. The number of rotatable bonds is 8. The van der Waals surface area contributed by atoms with E-state index < -0.39 is 0 Å². The van der Waals surface area contributed by atoms with E-state index in [1.165, 1.54) is 12.8 Å². The molecule has 3 heterocycles. The van der Waals surface area contributed by atoms with Gasteiger partial charge in [0.05, 0.1) is 26.4 Å². The minimum absolute atomic E-state index is 0.240. The molecule has 1 aromatic carbocycles. The van der Waals surface area contributed by atoms with Crippen molar-refractivity contribution in [3.05, 3.63) is 34.2 Å². The van der Waals surface area contributed by atoms with Crippen molar-refractivity contribution in [2.45, 2.75) is 45.1 Å². The molecule has 4 aliphatic rings. The average Bonchev–Trinajstić information content (AvgIpc) is 3.52. The molecule has 1 N–H and O–H groups in total. The molecule has 182 valence electrons. The summed E-state index contributed by atoms with van der Waals surface area (Å²) < 4.78 is 19.1. The zero-order chi connectivity index (χ0) is 23.5. The van der Waals surface area contributed by atoms with Crippen molar-refractivity contribution >= 4 is 0 Å². The number of aromatic nitrogens is 4. The van der Waals surface area contributed by atoms with Gasteiger partial charge in [-0.15, -0.1) is 0 Å².